The molecule has 0 fully saturated rings. The van der Waals surface area contributed by atoms with Crippen LogP contribution in [-0.2, 0) is 9.84 Å². The number of nitrogens with zero attached hydrogens (tertiary/aromatic N) is 1. The van der Waals surface area contributed by atoms with Crippen molar-refractivity contribution >= 4 is 21.2 Å². The molecule has 0 unspecified atom stereocenters. The van der Waals surface area contributed by atoms with Crippen LogP contribution >= 0.6 is 0 Å². The lowest BCUT2D eigenvalue weighted by Gasteiger charge is -2.08. The average Bonchev–Trinajstić information content (AvgIpc) is 2.52. The summed E-state index contributed by atoms with van der Waals surface area (Å²) in [7, 11) is -3.75. The van der Waals surface area contributed by atoms with Gasteiger partial charge in [0.2, 0.25) is 0 Å². The van der Waals surface area contributed by atoms with Gasteiger partial charge in [0.15, 0.2) is 9.84 Å². The van der Waals surface area contributed by atoms with Gasteiger partial charge in [0.1, 0.15) is 4.90 Å². The molecule has 2 aromatic carbocycles. The largest absolute Gasteiger partial charge is 0.399 e. The van der Waals surface area contributed by atoms with E-state index >= 15 is 0 Å². The number of benzene rings is 2. The molecule has 0 saturated carbocycles. The van der Waals surface area contributed by atoms with E-state index in [0.29, 0.717) is 16.8 Å². The zero-order chi connectivity index (χ0) is 17.9. The molecule has 0 radical (unpaired) electrons. The molecule has 0 bridgehead atoms. The maximum atomic E-state index is 12.2. The summed E-state index contributed by atoms with van der Waals surface area (Å²) >= 11 is 0. The van der Waals surface area contributed by atoms with Gasteiger partial charge in [-0.2, -0.15) is 0 Å². The number of anilines is 1. The first-order valence-electron chi connectivity index (χ1n) is 7.11. The quantitative estimate of drug-likeness (QED) is 0.399. The monoisotopic (exact) mass is 344 g/mol. The smallest absolute Gasteiger partial charge is 0.289 e. The van der Waals surface area contributed by atoms with Crippen LogP contribution < -0.4 is 5.73 Å². The lowest BCUT2D eigenvalue weighted by molar-refractivity contribution is -0.387. The zero-order valence-electron chi connectivity index (χ0n) is 13.2. The predicted octanol–water partition coefficient (Wildman–Crippen LogP) is 2.76. The standard InChI is InChI=1S/C17H16N2O4S/c1-12(2)24(22,23)17-9-8-14(11-16(17)19(20)21)7-6-13-4-3-5-15(18)10-13/h3-5,8-12H,18H2,1-2H3. The van der Waals surface area contributed by atoms with Gasteiger partial charge in [-0.3, -0.25) is 10.1 Å². The predicted molar refractivity (Wildman–Crippen MR) is 92.3 cm³/mol. The van der Waals surface area contributed by atoms with Crippen LogP contribution in [0, 0.1) is 22.0 Å². The van der Waals surface area contributed by atoms with E-state index in [9.17, 15) is 18.5 Å². The highest BCUT2D eigenvalue weighted by atomic mass is 32.2. The first-order chi connectivity index (χ1) is 11.2. The molecule has 2 aromatic rings. The normalized spacial score (nSPS) is 11.0. The highest BCUT2D eigenvalue weighted by Crippen LogP contribution is 2.27. The van der Waals surface area contributed by atoms with Gasteiger partial charge in [-0.25, -0.2) is 8.42 Å². The van der Waals surface area contributed by atoms with E-state index in [1.165, 1.54) is 32.0 Å². The van der Waals surface area contributed by atoms with Crippen molar-refractivity contribution in [2.45, 2.75) is 24.0 Å². The molecule has 0 amide bonds. The van der Waals surface area contributed by atoms with E-state index < -0.39 is 25.7 Å². The van der Waals surface area contributed by atoms with Crippen LogP contribution in [0.5, 0.6) is 0 Å². The fourth-order valence-corrected chi connectivity index (χ4v) is 3.18. The number of nitrogens with two attached hydrogens (primary N) is 1. The summed E-state index contributed by atoms with van der Waals surface area (Å²) in [6.45, 7) is 2.96. The lowest BCUT2D eigenvalue weighted by atomic mass is 10.1. The van der Waals surface area contributed by atoms with Crippen LogP contribution in [0.15, 0.2) is 47.4 Å². The molecule has 0 saturated heterocycles. The van der Waals surface area contributed by atoms with Crippen molar-refractivity contribution in [2.75, 3.05) is 5.73 Å². The Balaban J connectivity index is 2.50. The van der Waals surface area contributed by atoms with Crippen LogP contribution in [0.1, 0.15) is 25.0 Å². The topological polar surface area (TPSA) is 103 Å². The van der Waals surface area contributed by atoms with E-state index in [4.69, 9.17) is 5.73 Å². The van der Waals surface area contributed by atoms with Crippen molar-refractivity contribution in [3.8, 4) is 11.8 Å². The Kier molecular flexibility index (Phi) is 4.90. The molecule has 0 atom stereocenters. The van der Waals surface area contributed by atoms with E-state index in [0.717, 1.165) is 0 Å². The van der Waals surface area contributed by atoms with Crippen molar-refractivity contribution in [3.05, 3.63) is 63.7 Å². The molecular formula is C17H16N2O4S. The Labute approximate surface area is 140 Å². The summed E-state index contributed by atoms with van der Waals surface area (Å²) in [6, 6.07) is 10.8. The van der Waals surface area contributed by atoms with Crippen molar-refractivity contribution in [2.24, 2.45) is 0 Å². The van der Waals surface area contributed by atoms with Crippen LogP contribution in [-0.4, -0.2) is 18.6 Å². The molecule has 2 rings (SSSR count). The molecule has 0 aromatic heterocycles. The number of hydrogen-bond donors (Lipinski definition) is 1. The maximum absolute atomic E-state index is 12.2. The Morgan fingerprint density at radius 2 is 1.71 bits per heavy atom. The molecular weight excluding hydrogens is 328 g/mol. The number of sulfone groups is 1. The van der Waals surface area contributed by atoms with Crippen LogP contribution in [0.4, 0.5) is 11.4 Å². The Morgan fingerprint density at radius 1 is 1.08 bits per heavy atom. The Morgan fingerprint density at radius 3 is 2.25 bits per heavy atom. The summed E-state index contributed by atoms with van der Waals surface area (Å²) in [5.41, 5.74) is 6.77. The fourth-order valence-electron chi connectivity index (χ4n) is 1.99. The van der Waals surface area contributed by atoms with Gasteiger partial charge in [-0.15, -0.1) is 0 Å². The number of hydrogen-bond acceptors (Lipinski definition) is 5. The Hall–Kier alpha value is -2.85. The molecule has 0 spiro atoms. The van der Waals surface area contributed by atoms with E-state index in [1.54, 1.807) is 24.3 Å². The summed E-state index contributed by atoms with van der Waals surface area (Å²) < 4.78 is 24.5. The number of nitrogen functional groups attached to an aromatic ring is 1. The lowest BCUT2D eigenvalue weighted by Crippen LogP contribution is -2.15. The van der Waals surface area contributed by atoms with Crippen molar-refractivity contribution in [1.82, 2.24) is 0 Å². The maximum Gasteiger partial charge on any atom is 0.289 e. The van der Waals surface area contributed by atoms with Crippen LogP contribution in [0.25, 0.3) is 0 Å². The first kappa shape index (κ1) is 17.5. The third-order valence-corrected chi connectivity index (χ3v) is 5.52. The van der Waals surface area contributed by atoms with Gasteiger partial charge in [0, 0.05) is 22.9 Å². The number of nitro benzene ring substituents is 1. The molecule has 2 N–H and O–H groups in total. The molecule has 24 heavy (non-hydrogen) atoms. The van der Waals surface area contributed by atoms with Gasteiger partial charge in [-0.1, -0.05) is 17.9 Å². The first-order valence-corrected chi connectivity index (χ1v) is 8.66. The highest BCUT2D eigenvalue weighted by molar-refractivity contribution is 7.92. The van der Waals surface area contributed by atoms with E-state index in [1.807, 2.05) is 0 Å². The summed E-state index contributed by atoms with van der Waals surface area (Å²) in [5.74, 6) is 5.63. The van der Waals surface area contributed by atoms with E-state index in [-0.39, 0.29) is 4.90 Å². The fraction of sp³-hybridized carbons (Fsp3) is 0.176. The minimum absolute atomic E-state index is 0.294. The van der Waals surface area contributed by atoms with Gasteiger partial charge in [-0.05, 0) is 44.2 Å². The van der Waals surface area contributed by atoms with Crippen molar-refractivity contribution < 1.29 is 13.3 Å². The van der Waals surface area contributed by atoms with Crippen LogP contribution in [0.2, 0.25) is 0 Å². The van der Waals surface area contributed by atoms with Crippen molar-refractivity contribution in [1.29, 1.82) is 0 Å². The zero-order valence-corrected chi connectivity index (χ0v) is 14.0. The SMILES string of the molecule is CC(C)S(=O)(=O)c1ccc(C#Cc2cccc(N)c2)cc1[N+](=O)[O-]. The Bertz CT molecular complexity index is 954. The molecule has 0 aliphatic heterocycles. The van der Waals surface area contributed by atoms with Gasteiger partial charge >= 0.3 is 0 Å². The number of nitro groups is 1. The molecule has 0 heterocycles. The minimum atomic E-state index is -3.75. The van der Waals surface area contributed by atoms with Crippen molar-refractivity contribution in [3.63, 3.8) is 0 Å². The third kappa shape index (κ3) is 3.73. The van der Waals surface area contributed by atoms with Crippen LogP contribution in [0.3, 0.4) is 0 Å². The molecule has 6 nitrogen and oxygen atoms in total. The van der Waals surface area contributed by atoms with Gasteiger partial charge in [0.05, 0.1) is 10.2 Å². The minimum Gasteiger partial charge on any atom is -0.399 e. The number of rotatable bonds is 3. The molecule has 0 aliphatic rings. The summed E-state index contributed by atoms with van der Waals surface area (Å²) in [6.07, 6.45) is 0. The second-order valence-corrected chi connectivity index (χ2v) is 7.88. The van der Waals surface area contributed by atoms with Gasteiger partial charge in [0.25, 0.3) is 5.69 Å². The molecule has 7 heteroatoms. The van der Waals surface area contributed by atoms with E-state index in [2.05, 4.69) is 11.8 Å². The average molecular weight is 344 g/mol. The highest BCUT2D eigenvalue weighted by Gasteiger charge is 2.28. The second kappa shape index (κ2) is 6.72. The summed E-state index contributed by atoms with van der Waals surface area (Å²) in [5, 5.41) is 10.5. The molecule has 0 aliphatic carbocycles. The molecule has 124 valence electrons. The van der Waals surface area contributed by atoms with Gasteiger partial charge < -0.3 is 5.73 Å². The summed E-state index contributed by atoms with van der Waals surface area (Å²) in [4.78, 5) is 10.2. The second-order valence-electron chi connectivity index (χ2n) is 5.41. The third-order valence-electron chi connectivity index (χ3n) is 3.32.